The molecular weight excluding hydrogens is 318 g/mol. The second-order valence-corrected chi connectivity index (χ2v) is 7.38. The van der Waals surface area contributed by atoms with Gasteiger partial charge < -0.3 is 5.32 Å². The topological polar surface area (TPSA) is 12.0 Å². The van der Waals surface area contributed by atoms with Gasteiger partial charge in [0.1, 0.15) is 4.34 Å². The Balaban J connectivity index is 1.91. The van der Waals surface area contributed by atoms with Crippen LogP contribution in [0.15, 0.2) is 10.5 Å². The molecule has 0 bridgehead atoms. The van der Waals surface area contributed by atoms with Crippen molar-refractivity contribution in [2.75, 3.05) is 7.05 Å². The Kier molecular flexibility index (Phi) is 5.34. The molecule has 0 radical (unpaired) electrons. The van der Waals surface area contributed by atoms with Gasteiger partial charge in [-0.3, -0.25) is 0 Å². The van der Waals surface area contributed by atoms with Crippen molar-refractivity contribution in [2.45, 2.75) is 44.6 Å². The van der Waals surface area contributed by atoms with Gasteiger partial charge in [0.15, 0.2) is 0 Å². The molecule has 1 aromatic heterocycles. The molecule has 1 atom stereocenters. The van der Waals surface area contributed by atoms with E-state index in [2.05, 4.69) is 27.3 Å². The molecule has 17 heavy (non-hydrogen) atoms. The van der Waals surface area contributed by atoms with Gasteiger partial charge >= 0.3 is 0 Å². The summed E-state index contributed by atoms with van der Waals surface area (Å²) in [5.41, 5.74) is 0. The van der Waals surface area contributed by atoms with E-state index in [4.69, 9.17) is 11.6 Å². The van der Waals surface area contributed by atoms with Gasteiger partial charge in [-0.25, -0.2) is 0 Å². The molecule has 0 aliphatic heterocycles. The van der Waals surface area contributed by atoms with Crippen molar-refractivity contribution in [2.24, 2.45) is 5.92 Å². The van der Waals surface area contributed by atoms with Crippen molar-refractivity contribution in [1.82, 2.24) is 5.32 Å². The maximum absolute atomic E-state index is 6.10. The Morgan fingerprint density at radius 1 is 1.53 bits per heavy atom. The summed E-state index contributed by atoms with van der Waals surface area (Å²) in [6, 6.07) is 2.62. The first-order valence-corrected chi connectivity index (χ1v) is 8.31. The third kappa shape index (κ3) is 3.69. The molecule has 0 saturated heterocycles. The minimum absolute atomic E-state index is 0.462. The van der Waals surface area contributed by atoms with Gasteiger partial charge in [0, 0.05) is 15.4 Å². The van der Waals surface area contributed by atoms with Crippen molar-refractivity contribution in [3.63, 3.8) is 0 Å². The highest BCUT2D eigenvalue weighted by Gasteiger charge is 2.19. The summed E-state index contributed by atoms with van der Waals surface area (Å²) >= 11 is 11.3. The Morgan fingerprint density at radius 3 is 2.76 bits per heavy atom. The van der Waals surface area contributed by atoms with Crippen molar-refractivity contribution >= 4 is 38.9 Å². The van der Waals surface area contributed by atoms with Gasteiger partial charge in [0.2, 0.25) is 0 Å². The summed E-state index contributed by atoms with van der Waals surface area (Å²) in [7, 11) is 2.04. The van der Waals surface area contributed by atoms with Crippen LogP contribution in [0.5, 0.6) is 0 Å². The highest BCUT2D eigenvalue weighted by Crippen LogP contribution is 2.38. The smallest absolute Gasteiger partial charge is 0.107 e. The molecule has 1 aromatic rings. The van der Waals surface area contributed by atoms with Gasteiger partial charge in [-0.05, 0) is 47.8 Å². The van der Waals surface area contributed by atoms with E-state index in [1.54, 1.807) is 11.3 Å². The monoisotopic (exact) mass is 335 g/mol. The van der Waals surface area contributed by atoms with Crippen LogP contribution >= 0.6 is 38.9 Å². The molecule has 1 aliphatic rings. The Labute approximate surface area is 121 Å². The average Bonchev–Trinajstić information content (AvgIpc) is 2.91. The third-order valence-corrected chi connectivity index (χ3v) is 6.28. The van der Waals surface area contributed by atoms with Crippen LogP contribution in [-0.2, 0) is 0 Å². The molecule has 1 N–H and O–H groups in total. The fourth-order valence-corrected chi connectivity index (χ4v) is 4.55. The first-order valence-electron chi connectivity index (χ1n) is 6.32. The molecule has 96 valence electrons. The molecule has 2 rings (SSSR count). The summed E-state index contributed by atoms with van der Waals surface area (Å²) in [6.45, 7) is 0. The van der Waals surface area contributed by atoms with Crippen LogP contribution in [0.2, 0.25) is 4.34 Å². The van der Waals surface area contributed by atoms with Gasteiger partial charge in [-0.1, -0.05) is 37.3 Å². The minimum atomic E-state index is 0.462. The maximum Gasteiger partial charge on any atom is 0.107 e. The largest absolute Gasteiger partial charge is 0.312 e. The van der Waals surface area contributed by atoms with Gasteiger partial charge in [0.05, 0.1) is 0 Å². The molecule has 1 unspecified atom stereocenters. The van der Waals surface area contributed by atoms with E-state index in [0.717, 1.165) is 14.7 Å². The average molecular weight is 337 g/mol. The fraction of sp³-hybridized carbons (Fsp3) is 0.692. The molecule has 1 heterocycles. The van der Waals surface area contributed by atoms with Crippen LogP contribution in [0.4, 0.5) is 0 Å². The van der Waals surface area contributed by atoms with Crippen molar-refractivity contribution in [1.29, 1.82) is 0 Å². The standard InChI is InChI=1S/C13H19BrClNS/c1-16-11(7-6-9-4-2-3-5-9)12-8-10(14)13(15)17-12/h8-9,11,16H,2-7H2,1H3. The van der Waals surface area contributed by atoms with Crippen LogP contribution in [0.1, 0.15) is 49.4 Å². The molecule has 1 aliphatic carbocycles. The fourth-order valence-electron chi connectivity index (χ4n) is 2.67. The summed E-state index contributed by atoms with van der Waals surface area (Å²) in [6.07, 6.45) is 8.32. The second-order valence-electron chi connectivity index (χ2n) is 4.84. The van der Waals surface area contributed by atoms with E-state index in [1.807, 2.05) is 7.05 Å². The maximum atomic E-state index is 6.10. The molecular formula is C13H19BrClNS. The molecule has 1 nitrogen and oxygen atoms in total. The van der Waals surface area contributed by atoms with Crippen LogP contribution < -0.4 is 5.32 Å². The van der Waals surface area contributed by atoms with E-state index in [0.29, 0.717) is 6.04 Å². The normalized spacial score (nSPS) is 18.8. The van der Waals surface area contributed by atoms with E-state index < -0.39 is 0 Å². The predicted molar refractivity (Wildman–Crippen MR) is 80.0 cm³/mol. The SMILES string of the molecule is CNC(CCC1CCCC1)c1cc(Br)c(Cl)s1. The zero-order valence-electron chi connectivity index (χ0n) is 10.1. The summed E-state index contributed by atoms with van der Waals surface area (Å²) < 4.78 is 1.89. The van der Waals surface area contributed by atoms with Crippen LogP contribution in [-0.4, -0.2) is 7.05 Å². The van der Waals surface area contributed by atoms with E-state index in [9.17, 15) is 0 Å². The molecule has 0 aromatic carbocycles. The molecule has 4 heteroatoms. The number of hydrogen-bond donors (Lipinski definition) is 1. The van der Waals surface area contributed by atoms with E-state index >= 15 is 0 Å². The van der Waals surface area contributed by atoms with E-state index in [1.165, 1.54) is 43.4 Å². The zero-order valence-corrected chi connectivity index (χ0v) is 13.3. The highest BCUT2D eigenvalue weighted by molar-refractivity contribution is 9.10. The molecule has 1 fully saturated rings. The van der Waals surface area contributed by atoms with Gasteiger partial charge in [0.25, 0.3) is 0 Å². The van der Waals surface area contributed by atoms with Crippen molar-refractivity contribution in [3.05, 3.63) is 19.8 Å². The van der Waals surface area contributed by atoms with Crippen LogP contribution in [0, 0.1) is 5.92 Å². The number of rotatable bonds is 5. The summed E-state index contributed by atoms with van der Waals surface area (Å²) in [4.78, 5) is 1.35. The predicted octanol–water partition coefficient (Wildman–Crippen LogP) is 5.39. The molecule has 1 saturated carbocycles. The van der Waals surface area contributed by atoms with Crippen LogP contribution in [0.3, 0.4) is 0 Å². The lowest BCUT2D eigenvalue weighted by Crippen LogP contribution is -2.16. The first kappa shape index (κ1) is 13.9. The van der Waals surface area contributed by atoms with Crippen molar-refractivity contribution < 1.29 is 0 Å². The first-order chi connectivity index (χ1) is 8.20. The van der Waals surface area contributed by atoms with Gasteiger partial charge in [-0.2, -0.15) is 0 Å². The number of halogens is 2. The summed E-state index contributed by atoms with van der Waals surface area (Å²) in [5.74, 6) is 0.963. The minimum Gasteiger partial charge on any atom is -0.312 e. The Hall–Kier alpha value is 0.430. The number of hydrogen-bond acceptors (Lipinski definition) is 2. The quantitative estimate of drug-likeness (QED) is 0.759. The van der Waals surface area contributed by atoms with Crippen LogP contribution in [0.25, 0.3) is 0 Å². The highest BCUT2D eigenvalue weighted by atomic mass is 79.9. The Bertz CT molecular complexity index is 341. The Morgan fingerprint density at radius 2 is 2.24 bits per heavy atom. The van der Waals surface area contributed by atoms with Gasteiger partial charge in [-0.15, -0.1) is 11.3 Å². The second kappa shape index (κ2) is 6.55. The molecule has 0 amide bonds. The zero-order chi connectivity index (χ0) is 12.3. The number of thiophene rings is 1. The molecule has 0 spiro atoms. The lowest BCUT2D eigenvalue weighted by atomic mass is 9.98. The summed E-state index contributed by atoms with van der Waals surface area (Å²) in [5, 5.41) is 3.41. The van der Waals surface area contributed by atoms with E-state index in [-0.39, 0.29) is 0 Å². The lowest BCUT2D eigenvalue weighted by Gasteiger charge is -2.16. The lowest BCUT2D eigenvalue weighted by molar-refractivity contribution is 0.430. The third-order valence-electron chi connectivity index (χ3n) is 3.69. The number of nitrogens with one attached hydrogen (secondary N) is 1. The van der Waals surface area contributed by atoms with Crippen molar-refractivity contribution in [3.8, 4) is 0 Å².